The van der Waals surface area contributed by atoms with E-state index in [1.165, 1.54) is 11.8 Å². The van der Waals surface area contributed by atoms with E-state index in [1.54, 1.807) is 22.9 Å². The average molecular weight is 394 g/mol. The molecule has 0 atom stereocenters. The van der Waals surface area contributed by atoms with E-state index in [4.69, 9.17) is 23.2 Å². The van der Waals surface area contributed by atoms with E-state index >= 15 is 0 Å². The van der Waals surface area contributed by atoms with Gasteiger partial charge in [0.2, 0.25) is 11.1 Å². The highest BCUT2D eigenvalue weighted by atomic mass is 35.5. The molecule has 0 spiro atoms. The molecule has 1 amide bonds. The highest BCUT2D eigenvalue weighted by Crippen LogP contribution is 2.26. The number of aromatic nitrogens is 4. The maximum Gasteiger partial charge on any atom is 0.234 e. The van der Waals surface area contributed by atoms with E-state index in [1.807, 2.05) is 31.2 Å². The first kappa shape index (κ1) is 17.7. The first-order valence-electron chi connectivity index (χ1n) is 7.26. The Morgan fingerprint density at radius 2 is 2.04 bits per heavy atom. The van der Waals surface area contributed by atoms with Crippen molar-refractivity contribution in [1.29, 1.82) is 0 Å². The summed E-state index contributed by atoms with van der Waals surface area (Å²) in [7, 11) is 0. The summed E-state index contributed by atoms with van der Waals surface area (Å²) in [6.45, 7) is 1.97. The molecule has 0 aliphatic carbocycles. The fraction of sp³-hybridized carbons (Fsp3) is 0.125. The minimum atomic E-state index is -0.228. The molecule has 6 nitrogen and oxygen atoms in total. The molecule has 0 saturated carbocycles. The number of aryl methyl sites for hydroxylation is 1. The summed E-state index contributed by atoms with van der Waals surface area (Å²) >= 11 is 13.2. The van der Waals surface area contributed by atoms with Gasteiger partial charge in [-0.2, -0.15) is 4.68 Å². The number of carbonyl (C=O) groups excluding carboxylic acids is 1. The maximum absolute atomic E-state index is 12.2. The van der Waals surface area contributed by atoms with Gasteiger partial charge in [0.05, 0.1) is 22.2 Å². The Morgan fingerprint density at radius 1 is 1.24 bits per heavy atom. The van der Waals surface area contributed by atoms with Gasteiger partial charge in [-0.05, 0) is 47.2 Å². The van der Waals surface area contributed by atoms with Gasteiger partial charge >= 0.3 is 0 Å². The molecule has 0 fully saturated rings. The highest BCUT2D eigenvalue weighted by molar-refractivity contribution is 7.99. The standard InChI is InChI=1S/C16H13Cl2N5OS/c1-10-4-2-3-5-14(10)23-16(20-21-22-23)25-9-15(24)19-13-8-11(17)6-7-12(13)18/h2-8H,9H2,1H3,(H,19,24). The summed E-state index contributed by atoms with van der Waals surface area (Å²) in [5.41, 5.74) is 2.37. The highest BCUT2D eigenvalue weighted by Gasteiger charge is 2.13. The quantitative estimate of drug-likeness (QED) is 0.662. The summed E-state index contributed by atoms with van der Waals surface area (Å²) in [5, 5.41) is 15.9. The van der Waals surface area contributed by atoms with Crippen molar-refractivity contribution < 1.29 is 4.79 Å². The number of amides is 1. The summed E-state index contributed by atoms with van der Waals surface area (Å²) in [5.74, 6) is -0.0942. The number of nitrogens with zero attached hydrogens (tertiary/aromatic N) is 4. The number of hydrogen-bond donors (Lipinski definition) is 1. The third kappa shape index (κ3) is 4.31. The maximum atomic E-state index is 12.2. The number of hydrogen-bond acceptors (Lipinski definition) is 5. The van der Waals surface area contributed by atoms with Crippen LogP contribution in [0.4, 0.5) is 5.69 Å². The molecule has 1 aromatic heterocycles. The van der Waals surface area contributed by atoms with E-state index in [0.717, 1.165) is 11.3 Å². The second-order valence-electron chi connectivity index (χ2n) is 5.12. The van der Waals surface area contributed by atoms with Crippen molar-refractivity contribution in [2.24, 2.45) is 0 Å². The van der Waals surface area contributed by atoms with Crippen molar-refractivity contribution in [3.8, 4) is 5.69 Å². The van der Waals surface area contributed by atoms with Gasteiger partial charge in [-0.25, -0.2) is 0 Å². The number of thioether (sulfide) groups is 1. The molecule has 2 aromatic carbocycles. The first-order valence-corrected chi connectivity index (χ1v) is 9.01. The van der Waals surface area contributed by atoms with Crippen LogP contribution in [0.25, 0.3) is 5.69 Å². The van der Waals surface area contributed by atoms with Gasteiger partial charge in [-0.3, -0.25) is 4.79 Å². The molecule has 9 heteroatoms. The Kier molecular flexibility index (Phi) is 5.57. The first-order chi connectivity index (χ1) is 12.0. The Bertz CT molecular complexity index is 915. The van der Waals surface area contributed by atoms with Gasteiger partial charge in [-0.15, -0.1) is 5.10 Å². The molecule has 0 aliphatic heterocycles. The van der Waals surface area contributed by atoms with Crippen LogP contribution in [0.2, 0.25) is 10.0 Å². The predicted octanol–water partition coefficient (Wildman–Crippen LogP) is 4.01. The molecule has 0 aliphatic rings. The molecule has 1 heterocycles. The third-order valence-corrected chi connectivity index (χ3v) is 4.80. The second kappa shape index (κ2) is 7.86. The molecular formula is C16H13Cl2N5OS. The molecule has 0 bridgehead atoms. The largest absolute Gasteiger partial charge is 0.324 e. The van der Waals surface area contributed by atoms with Gasteiger partial charge in [0, 0.05) is 5.02 Å². The van der Waals surface area contributed by atoms with Crippen LogP contribution in [0.5, 0.6) is 0 Å². The zero-order chi connectivity index (χ0) is 17.8. The Morgan fingerprint density at radius 3 is 2.84 bits per heavy atom. The number of benzene rings is 2. The van der Waals surface area contributed by atoms with Crippen LogP contribution in [0.15, 0.2) is 47.6 Å². The zero-order valence-electron chi connectivity index (χ0n) is 13.1. The fourth-order valence-electron chi connectivity index (χ4n) is 2.13. The van der Waals surface area contributed by atoms with Crippen molar-refractivity contribution in [2.45, 2.75) is 12.1 Å². The normalized spacial score (nSPS) is 10.7. The molecule has 0 radical (unpaired) electrons. The topological polar surface area (TPSA) is 72.7 Å². The van der Waals surface area contributed by atoms with Crippen molar-refractivity contribution in [1.82, 2.24) is 20.2 Å². The lowest BCUT2D eigenvalue weighted by Crippen LogP contribution is -2.15. The summed E-state index contributed by atoms with van der Waals surface area (Å²) < 4.78 is 1.61. The number of carbonyl (C=O) groups is 1. The Balaban J connectivity index is 1.69. The van der Waals surface area contributed by atoms with Crippen LogP contribution < -0.4 is 5.32 Å². The van der Waals surface area contributed by atoms with Crippen LogP contribution in [-0.2, 0) is 4.79 Å². The van der Waals surface area contributed by atoms with Crippen molar-refractivity contribution in [2.75, 3.05) is 11.1 Å². The minimum absolute atomic E-state index is 0.134. The van der Waals surface area contributed by atoms with E-state index in [0.29, 0.717) is 20.9 Å². The van der Waals surface area contributed by atoms with Crippen LogP contribution in [0.3, 0.4) is 0 Å². The molecular weight excluding hydrogens is 381 g/mol. The molecule has 128 valence electrons. The van der Waals surface area contributed by atoms with E-state index in [9.17, 15) is 4.79 Å². The summed E-state index contributed by atoms with van der Waals surface area (Å²) in [6.07, 6.45) is 0. The van der Waals surface area contributed by atoms with E-state index in [2.05, 4.69) is 20.8 Å². The van der Waals surface area contributed by atoms with Gasteiger partial charge in [0.1, 0.15) is 0 Å². The van der Waals surface area contributed by atoms with Crippen LogP contribution in [0.1, 0.15) is 5.56 Å². The Labute approximate surface area is 158 Å². The van der Waals surface area contributed by atoms with Crippen molar-refractivity contribution in [3.63, 3.8) is 0 Å². The van der Waals surface area contributed by atoms with Gasteiger partial charge in [-0.1, -0.05) is 53.2 Å². The molecule has 0 saturated heterocycles. The number of rotatable bonds is 5. The van der Waals surface area contributed by atoms with Crippen LogP contribution in [0, 0.1) is 6.92 Å². The fourth-order valence-corrected chi connectivity index (χ4v) is 3.15. The van der Waals surface area contributed by atoms with Crippen LogP contribution in [-0.4, -0.2) is 31.9 Å². The van der Waals surface area contributed by atoms with E-state index in [-0.39, 0.29) is 11.7 Å². The number of halogens is 2. The Hall–Kier alpha value is -2.09. The zero-order valence-corrected chi connectivity index (χ0v) is 15.4. The number of anilines is 1. The summed E-state index contributed by atoms with van der Waals surface area (Å²) in [6, 6.07) is 12.6. The lowest BCUT2D eigenvalue weighted by atomic mass is 10.2. The SMILES string of the molecule is Cc1ccccc1-n1nnnc1SCC(=O)Nc1cc(Cl)ccc1Cl. The average Bonchev–Trinajstić information content (AvgIpc) is 3.05. The lowest BCUT2D eigenvalue weighted by molar-refractivity contribution is -0.113. The summed E-state index contributed by atoms with van der Waals surface area (Å²) in [4.78, 5) is 12.2. The number of para-hydroxylation sites is 1. The van der Waals surface area contributed by atoms with E-state index < -0.39 is 0 Å². The predicted molar refractivity (Wildman–Crippen MR) is 99.7 cm³/mol. The van der Waals surface area contributed by atoms with Gasteiger partial charge in [0.25, 0.3) is 0 Å². The second-order valence-corrected chi connectivity index (χ2v) is 6.91. The van der Waals surface area contributed by atoms with Gasteiger partial charge in [0.15, 0.2) is 0 Å². The minimum Gasteiger partial charge on any atom is -0.324 e. The molecule has 3 aromatic rings. The van der Waals surface area contributed by atoms with Gasteiger partial charge < -0.3 is 5.32 Å². The molecule has 0 unspecified atom stereocenters. The third-order valence-electron chi connectivity index (χ3n) is 3.32. The lowest BCUT2D eigenvalue weighted by Gasteiger charge is -2.08. The number of tetrazole rings is 1. The molecule has 1 N–H and O–H groups in total. The van der Waals surface area contributed by atoms with Crippen molar-refractivity contribution in [3.05, 3.63) is 58.1 Å². The number of nitrogens with one attached hydrogen (secondary N) is 1. The smallest absolute Gasteiger partial charge is 0.234 e. The molecule has 25 heavy (non-hydrogen) atoms. The monoisotopic (exact) mass is 393 g/mol. The molecule has 3 rings (SSSR count). The van der Waals surface area contributed by atoms with Crippen LogP contribution >= 0.6 is 35.0 Å². The van der Waals surface area contributed by atoms with Crippen molar-refractivity contribution >= 4 is 46.6 Å².